The van der Waals surface area contributed by atoms with E-state index in [2.05, 4.69) is 49.1 Å². The first-order valence-electron chi connectivity index (χ1n) is 6.16. The van der Waals surface area contributed by atoms with Gasteiger partial charge in [-0.1, -0.05) is 42.5 Å². The van der Waals surface area contributed by atoms with Gasteiger partial charge in [-0.25, -0.2) is 0 Å². The molecule has 0 saturated carbocycles. The summed E-state index contributed by atoms with van der Waals surface area (Å²) in [5, 5.41) is 0. The summed E-state index contributed by atoms with van der Waals surface area (Å²) in [6, 6.07) is 11.1. The predicted octanol–water partition coefficient (Wildman–Crippen LogP) is 2.96. The molecular weight excluding hydrogens is 228 g/mol. The number of rotatable bonds is 7. The lowest BCUT2D eigenvalue weighted by atomic mass is 10.1. The van der Waals surface area contributed by atoms with Gasteiger partial charge >= 0.3 is 0 Å². The Bertz CT molecular complexity index is 335. The fourth-order valence-corrected chi connectivity index (χ4v) is 1.94. The van der Waals surface area contributed by atoms with Crippen LogP contribution in [0.3, 0.4) is 0 Å². The Kier molecular flexibility index (Phi) is 6.16. The number of benzene rings is 1. The highest BCUT2D eigenvalue weighted by molar-refractivity contribution is 7.80. The van der Waals surface area contributed by atoms with Gasteiger partial charge in [0.25, 0.3) is 0 Å². The molecule has 2 N–H and O–H groups in total. The van der Waals surface area contributed by atoms with Crippen molar-refractivity contribution in [1.82, 2.24) is 4.90 Å². The van der Waals surface area contributed by atoms with E-state index in [1.807, 2.05) is 0 Å². The zero-order valence-corrected chi connectivity index (χ0v) is 11.5. The maximum Gasteiger partial charge on any atom is 0.0727 e. The number of nitrogens with two attached hydrogens (primary N) is 1. The smallest absolute Gasteiger partial charge is 0.0727 e. The van der Waals surface area contributed by atoms with Crippen LogP contribution in [0.5, 0.6) is 0 Å². The van der Waals surface area contributed by atoms with Crippen molar-refractivity contribution in [1.29, 1.82) is 0 Å². The molecular formula is C14H22N2S. The first-order chi connectivity index (χ1) is 8.09. The Hall–Kier alpha value is -0.930. The maximum absolute atomic E-state index is 5.52. The third-order valence-corrected chi connectivity index (χ3v) is 3.03. The van der Waals surface area contributed by atoms with Crippen LogP contribution in [0, 0.1) is 0 Å². The average Bonchev–Trinajstić information content (AvgIpc) is 2.28. The Balaban J connectivity index is 2.46. The molecule has 0 aromatic heterocycles. The van der Waals surface area contributed by atoms with E-state index in [-0.39, 0.29) is 0 Å². The quantitative estimate of drug-likeness (QED) is 0.754. The maximum atomic E-state index is 5.52. The Labute approximate surface area is 110 Å². The van der Waals surface area contributed by atoms with Gasteiger partial charge in [-0.2, -0.15) is 0 Å². The standard InChI is InChI=1S/C14H22N2S/c1-12(2)16(10-6-9-14(15)17)11-13-7-4-3-5-8-13/h3-5,7-8,12H,6,9-11H2,1-2H3,(H2,15,17). The second kappa shape index (κ2) is 7.41. The van der Waals surface area contributed by atoms with Crippen LogP contribution < -0.4 is 5.73 Å². The van der Waals surface area contributed by atoms with Crippen molar-refractivity contribution in [3.05, 3.63) is 35.9 Å². The molecule has 0 fully saturated rings. The van der Waals surface area contributed by atoms with E-state index < -0.39 is 0 Å². The van der Waals surface area contributed by atoms with Gasteiger partial charge in [-0.15, -0.1) is 0 Å². The molecule has 0 saturated heterocycles. The fourth-order valence-electron chi connectivity index (χ4n) is 1.79. The Morgan fingerprint density at radius 1 is 1.29 bits per heavy atom. The second-order valence-corrected chi connectivity index (χ2v) is 5.14. The van der Waals surface area contributed by atoms with E-state index in [0.717, 1.165) is 25.9 Å². The van der Waals surface area contributed by atoms with E-state index in [9.17, 15) is 0 Å². The summed E-state index contributed by atoms with van der Waals surface area (Å²) < 4.78 is 0. The molecule has 0 aliphatic heterocycles. The van der Waals surface area contributed by atoms with E-state index >= 15 is 0 Å². The summed E-state index contributed by atoms with van der Waals surface area (Å²) in [4.78, 5) is 3.07. The normalized spacial score (nSPS) is 11.1. The minimum Gasteiger partial charge on any atom is -0.393 e. The Morgan fingerprint density at radius 2 is 1.94 bits per heavy atom. The van der Waals surface area contributed by atoms with Crippen LogP contribution >= 0.6 is 12.2 Å². The van der Waals surface area contributed by atoms with Crippen molar-refractivity contribution in [2.24, 2.45) is 5.73 Å². The number of hydrogen-bond acceptors (Lipinski definition) is 2. The molecule has 0 bridgehead atoms. The van der Waals surface area contributed by atoms with Gasteiger partial charge < -0.3 is 5.73 Å². The average molecular weight is 250 g/mol. The van der Waals surface area contributed by atoms with Gasteiger partial charge in [0.1, 0.15) is 0 Å². The van der Waals surface area contributed by atoms with Crippen molar-refractivity contribution in [2.75, 3.05) is 6.54 Å². The molecule has 94 valence electrons. The first kappa shape index (κ1) is 14.1. The summed E-state index contributed by atoms with van der Waals surface area (Å²) in [6.07, 6.45) is 1.88. The van der Waals surface area contributed by atoms with E-state index in [0.29, 0.717) is 11.0 Å². The summed E-state index contributed by atoms with van der Waals surface area (Å²) in [6.45, 7) is 6.49. The lowest BCUT2D eigenvalue weighted by Gasteiger charge is -2.26. The van der Waals surface area contributed by atoms with Crippen LogP contribution in [0.25, 0.3) is 0 Å². The number of thiocarbonyl (C=S) groups is 1. The molecule has 0 spiro atoms. The second-order valence-electron chi connectivity index (χ2n) is 4.62. The van der Waals surface area contributed by atoms with Gasteiger partial charge in [0.2, 0.25) is 0 Å². The molecule has 0 atom stereocenters. The molecule has 0 aliphatic carbocycles. The van der Waals surface area contributed by atoms with E-state index in [1.165, 1.54) is 5.56 Å². The highest BCUT2D eigenvalue weighted by Crippen LogP contribution is 2.09. The molecule has 0 heterocycles. The van der Waals surface area contributed by atoms with Crippen LogP contribution in [0.2, 0.25) is 0 Å². The first-order valence-corrected chi connectivity index (χ1v) is 6.56. The van der Waals surface area contributed by atoms with Gasteiger partial charge in [-0.3, -0.25) is 4.90 Å². The van der Waals surface area contributed by atoms with Gasteiger partial charge in [-0.05, 0) is 38.8 Å². The monoisotopic (exact) mass is 250 g/mol. The highest BCUT2D eigenvalue weighted by Gasteiger charge is 2.09. The zero-order valence-electron chi connectivity index (χ0n) is 10.7. The lowest BCUT2D eigenvalue weighted by molar-refractivity contribution is 0.211. The minimum absolute atomic E-state index is 0.543. The van der Waals surface area contributed by atoms with Crippen LogP contribution in [-0.4, -0.2) is 22.5 Å². The minimum atomic E-state index is 0.543. The van der Waals surface area contributed by atoms with Crippen molar-refractivity contribution < 1.29 is 0 Å². The molecule has 1 aromatic carbocycles. The molecule has 0 radical (unpaired) electrons. The van der Waals surface area contributed by atoms with E-state index in [4.69, 9.17) is 18.0 Å². The molecule has 17 heavy (non-hydrogen) atoms. The summed E-state index contributed by atoms with van der Waals surface area (Å²) >= 11 is 4.90. The van der Waals surface area contributed by atoms with Crippen molar-refractivity contribution in [3.63, 3.8) is 0 Å². The topological polar surface area (TPSA) is 29.3 Å². The van der Waals surface area contributed by atoms with Gasteiger partial charge in [0.15, 0.2) is 0 Å². The molecule has 1 aromatic rings. The van der Waals surface area contributed by atoms with Crippen molar-refractivity contribution >= 4 is 17.2 Å². The van der Waals surface area contributed by atoms with Gasteiger partial charge in [0.05, 0.1) is 4.99 Å². The largest absolute Gasteiger partial charge is 0.393 e. The lowest BCUT2D eigenvalue weighted by Crippen LogP contribution is -2.31. The molecule has 3 heteroatoms. The summed E-state index contributed by atoms with van der Waals surface area (Å²) in [7, 11) is 0. The fraction of sp³-hybridized carbons (Fsp3) is 0.500. The Morgan fingerprint density at radius 3 is 2.47 bits per heavy atom. The molecule has 0 unspecified atom stereocenters. The molecule has 0 aliphatic rings. The highest BCUT2D eigenvalue weighted by atomic mass is 32.1. The molecule has 0 amide bonds. The van der Waals surface area contributed by atoms with Crippen LogP contribution in [0.4, 0.5) is 0 Å². The van der Waals surface area contributed by atoms with Crippen molar-refractivity contribution in [2.45, 2.75) is 39.3 Å². The van der Waals surface area contributed by atoms with Crippen LogP contribution in [0.1, 0.15) is 32.3 Å². The zero-order chi connectivity index (χ0) is 12.7. The molecule has 2 nitrogen and oxygen atoms in total. The van der Waals surface area contributed by atoms with E-state index in [1.54, 1.807) is 0 Å². The number of hydrogen-bond donors (Lipinski definition) is 1. The summed E-state index contributed by atoms with van der Waals surface area (Å²) in [5.74, 6) is 0. The predicted molar refractivity (Wildman–Crippen MR) is 78.0 cm³/mol. The van der Waals surface area contributed by atoms with Crippen LogP contribution in [-0.2, 0) is 6.54 Å². The third kappa shape index (κ3) is 5.80. The number of nitrogens with zero attached hydrogens (tertiary/aromatic N) is 1. The van der Waals surface area contributed by atoms with Crippen molar-refractivity contribution in [3.8, 4) is 0 Å². The SMILES string of the molecule is CC(C)N(CCCC(N)=S)Cc1ccccc1. The molecule has 1 rings (SSSR count). The third-order valence-electron chi connectivity index (χ3n) is 2.83. The van der Waals surface area contributed by atoms with Crippen LogP contribution in [0.15, 0.2) is 30.3 Å². The van der Waals surface area contributed by atoms with Gasteiger partial charge in [0, 0.05) is 12.6 Å². The summed E-state index contributed by atoms with van der Waals surface area (Å²) in [5.41, 5.74) is 6.88.